The molecule has 1 heterocycles. The molecule has 0 aliphatic rings. The highest BCUT2D eigenvalue weighted by Crippen LogP contribution is 2.05. The minimum atomic E-state index is -0.177. The van der Waals surface area contributed by atoms with Crippen LogP contribution in [0.1, 0.15) is 32.7 Å². The first-order chi connectivity index (χ1) is 9.47. The topological polar surface area (TPSA) is 62.0 Å². The van der Waals surface area contributed by atoms with E-state index in [1.54, 1.807) is 12.1 Å². The second kappa shape index (κ2) is 5.74. The Morgan fingerprint density at radius 2 is 1.80 bits per heavy atom. The molecule has 2 aromatic rings. The van der Waals surface area contributed by atoms with Crippen molar-refractivity contribution in [1.82, 2.24) is 10.3 Å². The zero-order chi connectivity index (χ0) is 14.7. The molecule has 0 aliphatic heterocycles. The molecule has 104 valence electrons. The fraction of sp³-hybridized carbons (Fsp3) is 0.250. The van der Waals surface area contributed by atoms with Crippen molar-refractivity contribution >= 4 is 5.91 Å². The summed E-state index contributed by atoms with van der Waals surface area (Å²) in [4.78, 5) is 26.6. The summed E-state index contributed by atoms with van der Waals surface area (Å²) in [5, 5.41) is 2.78. The lowest BCUT2D eigenvalue weighted by atomic mass is 10.1. The second-order valence-corrected chi connectivity index (χ2v) is 4.99. The Morgan fingerprint density at radius 3 is 2.40 bits per heavy atom. The standard InChI is InChI=1S/C16H18N2O2/c1-10-4-6-13(7-5-10)15(19)17-9-14-11(2)8-12(3)18-16(14)20/h4-8H,9H2,1-3H3,(H,17,19)(H,18,20). The molecule has 0 atom stereocenters. The monoisotopic (exact) mass is 270 g/mol. The minimum absolute atomic E-state index is 0.147. The largest absolute Gasteiger partial charge is 0.348 e. The van der Waals surface area contributed by atoms with Gasteiger partial charge in [0.05, 0.1) is 0 Å². The summed E-state index contributed by atoms with van der Waals surface area (Å²) >= 11 is 0. The van der Waals surface area contributed by atoms with Crippen LogP contribution in [0.25, 0.3) is 0 Å². The van der Waals surface area contributed by atoms with Gasteiger partial charge in [0.15, 0.2) is 0 Å². The van der Waals surface area contributed by atoms with Crippen LogP contribution in [-0.2, 0) is 6.54 Å². The average Bonchev–Trinajstić information content (AvgIpc) is 2.38. The maximum absolute atomic E-state index is 12.0. The van der Waals surface area contributed by atoms with Gasteiger partial charge in [-0.1, -0.05) is 17.7 Å². The van der Waals surface area contributed by atoms with Crippen molar-refractivity contribution in [3.05, 3.63) is 68.6 Å². The van der Waals surface area contributed by atoms with Crippen LogP contribution in [0.15, 0.2) is 35.1 Å². The SMILES string of the molecule is Cc1ccc(C(=O)NCc2c(C)cc(C)[nH]c2=O)cc1. The number of benzene rings is 1. The van der Waals surface area contributed by atoms with Crippen molar-refractivity contribution in [3.8, 4) is 0 Å². The Labute approximate surface area is 117 Å². The van der Waals surface area contributed by atoms with Gasteiger partial charge in [0.2, 0.25) is 0 Å². The lowest BCUT2D eigenvalue weighted by molar-refractivity contribution is 0.0951. The molecule has 0 aliphatic carbocycles. The number of aromatic nitrogens is 1. The Kier molecular flexibility index (Phi) is 4.03. The van der Waals surface area contributed by atoms with Crippen LogP contribution in [0.3, 0.4) is 0 Å². The van der Waals surface area contributed by atoms with Crippen LogP contribution in [-0.4, -0.2) is 10.9 Å². The molecule has 1 amide bonds. The van der Waals surface area contributed by atoms with E-state index in [1.807, 2.05) is 39.0 Å². The van der Waals surface area contributed by atoms with Crippen molar-refractivity contribution in [2.75, 3.05) is 0 Å². The van der Waals surface area contributed by atoms with Gasteiger partial charge in [-0.05, 0) is 44.5 Å². The number of amides is 1. The number of rotatable bonds is 3. The second-order valence-electron chi connectivity index (χ2n) is 4.99. The molecule has 1 aromatic carbocycles. The van der Waals surface area contributed by atoms with Gasteiger partial charge < -0.3 is 10.3 Å². The van der Waals surface area contributed by atoms with E-state index >= 15 is 0 Å². The summed E-state index contributed by atoms with van der Waals surface area (Å²) in [6.07, 6.45) is 0. The van der Waals surface area contributed by atoms with Gasteiger partial charge in [-0.25, -0.2) is 0 Å². The van der Waals surface area contributed by atoms with E-state index in [0.717, 1.165) is 16.8 Å². The molecule has 2 N–H and O–H groups in total. The van der Waals surface area contributed by atoms with Crippen LogP contribution in [0.5, 0.6) is 0 Å². The van der Waals surface area contributed by atoms with Crippen molar-refractivity contribution < 1.29 is 4.79 Å². The van der Waals surface area contributed by atoms with Crippen LogP contribution >= 0.6 is 0 Å². The fourth-order valence-corrected chi connectivity index (χ4v) is 2.08. The number of aryl methyl sites for hydroxylation is 3. The number of hydrogen-bond donors (Lipinski definition) is 2. The first kappa shape index (κ1) is 14.1. The van der Waals surface area contributed by atoms with Gasteiger partial charge in [-0.2, -0.15) is 0 Å². The van der Waals surface area contributed by atoms with Crippen LogP contribution < -0.4 is 10.9 Å². The predicted octanol–water partition coefficient (Wildman–Crippen LogP) is 2.23. The van der Waals surface area contributed by atoms with Crippen LogP contribution in [0.2, 0.25) is 0 Å². The molecular weight excluding hydrogens is 252 g/mol. The van der Waals surface area contributed by atoms with Crippen LogP contribution in [0.4, 0.5) is 0 Å². The molecule has 0 saturated heterocycles. The third-order valence-corrected chi connectivity index (χ3v) is 3.23. The smallest absolute Gasteiger partial charge is 0.253 e. The predicted molar refractivity (Wildman–Crippen MR) is 78.9 cm³/mol. The molecule has 4 nitrogen and oxygen atoms in total. The lowest BCUT2D eigenvalue weighted by Gasteiger charge is -2.08. The molecular formula is C16H18N2O2. The Bertz CT molecular complexity index is 685. The Morgan fingerprint density at radius 1 is 1.15 bits per heavy atom. The van der Waals surface area contributed by atoms with Gasteiger partial charge in [0.1, 0.15) is 0 Å². The average molecular weight is 270 g/mol. The van der Waals surface area contributed by atoms with E-state index in [-0.39, 0.29) is 18.0 Å². The fourth-order valence-electron chi connectivity index (χ4n) is 2.08. The van der Waals surface area contributed by atoms with E-state index in [0.29, 0.717) is 11.1 Å². The van der Waals surface area contributed by atoms with Crippen LogP contribution in [0, 0.1) is 20.8 Å². The Balaban J connectivity index is 2.11. The van der Waals surface area contributed by atoms with E-state index in [2.05, 4.69) is 10.3 Å². The normalized spacial score (nSPS) is 10.3. The van der Waals surface area contributed by atoms with Crippen molar-refractivity contribution in [2.24, 2.45) is 0 Å². The summed E-state index contributed by atoms with van der Waals surface area (Å²) < 4.78 is 0. The zero-order valence-corrected chi connectivity index (χ0v) is 11.9. The summed E-state index contributed by atoms with van der Waals surface area (Å²) in [7, 11) is 0. The maximum Gasteiger partial charge on any atom is 0.253 e. The minimum Gasteiger partial charge on any atom is -0.348 e. The Hall–Kier alpha value is -2.36. The highest BCUT2D eigenvalue weighted by Gasteiger charge is 2.08. The highest BCUT2D eigenvalue weighted by atomic mass is 16.1. The van der Waals surface area contributed by atoms with Crippen molar-refractivity contribution in [2.45, 2.75) is 27.3 Å². The molecule has 4 heteroatoms. The first-order valence-corrected chi connectivity index (χ1v) is 6.51. The highest BCUT2D eigenvalue weighted by molar-refractivity contribution is 5.94. The third kappa shape index (κ3) is 3.15. The number of nitrogens with one attached hydrogen (secondary N) is 2. The molecule has 0 radical (unpaired) electrons. The maximum atomic E-state index is 12.0. The van der Waals surface area contributed by atoms with Gasteiger partial charge >= 0.3 is 0 Å². The molecule has 0 saturated carbocycles. The van der Waals surface area contributed by atoms with Gasteiger partial charge in [0.25, 0.3) is 11.5 Å². The number of aromatic amines is 1. The van der Waals surface area contributed by atoms with E-state index < -0.39 is 0 Å². The number of carbonyl (C=O) groups excluding carboxylic acids is 1. The number of pyridine rings is 1. The van der Waals surface area contributed by atoms with Gasteiger partial charge in [0, 0.05) is 23.4 Å². The summed E-state index contributed by atoms with van der Waals surface area (Å²) in [5.41, 5.74) is 3.85. The van der Waals surface area contributed by atoms with Crippen molar-refractivity contribution in [1.29, 1.82) is 0 Å². The van der Waals surface area contributed by atoms with E-state index in [1.165, 1.54) is 0 Å². The van der Waals surface area contributed by atoms with Gasteiger partial charge in [-0.3, -0.25) is 9.59 Å². The molecule has 2 rings (SSSR count). The van der Waals surface area contributed by atoms with E-state index in [4.69, 9.17) is 0 Å². The quantitative estimate of drug-likeness (QED) is 0.898. The third-order valence-electron chi connectivity index (χ3n) is 3.23. The zero-order valence-electron chi connectivity index (χ0n) is 11.9. The molecule has 0 fully saturated rings. The molecule has 0 unspecified atom stereocenters. The molecule has 0 bridgehead atoms. The molecule has 0 spiro atoms. The summed E-state index contributed by atoms with van der Waals surface area (Å²) in [5.74, 6) is -0.177. The van der Waals surface area contributed by atoms with Gasteiger partial charge in [-0.15, -0.1) is 0 Å². The molecule has 1 aromatic heterocycles. The molecule has 20 heavy (non-hydrogen) atoms. The van der Waals surface area contributed by atoms with E-state index in [9.17, 15) is 9.59 Å². The first-order valence-electron chi connectivity index (χ1n) is 6.51. The number of hydrogen-bond acceptors (Lipinski definition) is 2. The lowest BCUT2D eigenvalue weighted by Crippen LogP contribution is -2.27. The number of carbonyl (C=O) groups is 1. The summed E-state index contributed by atoms with van der Waals surface area (Å²) in [6.45, 7) is 5.91. The summed E-state index contributed by atoms with van der Waals surface area (Å²) in [6, 6.07) is 9.22. The number of H-pyrrole nitrogens is 1. The van der Waals surface area contributed by atoms with Crippen molar-refractivity contribution in [3.63, 3.8) is 0 Å².